The Labute approximate surface area is 238 Å². The van der Waals surface area contributed by atoms with E-state index in [2.05, 4.69) is 10.3 Å². The van der Waals surface area contributed by atoms with Gasteiger partial charge in [-0.1, -0.05) is 18.2 Å². The summed E-state index contributed by atoms with van der Waals surface area (Å²) in [4.78, 5) is 16.8. The zero-order chi connectivity index (χ0) is 31.1. The van der Waals surface area contributed by atoms with Gasteiger partial charge >= 0.3 is 12.4 Å². The summed E-state index contributed by atoms with van der Waals surface area (Å²) < 4.78 is 130. The molecule has 0 radical (unpaired) electrons. The molecule has 2 aliphatic rings. The highest BCUT2D eigenvalue weighted by Crippen LogP contribution is 2.34. The molecule has 1 fully saturated rings. The van der Waals surface area contributed by atoms with Gasteiger partial charge in [0.25, 0.3) is 5.91 Å². The minimum atomic E-state index is -4.73. The van der Waals surface area contributed by atoms with Gasteiger partial charge < -0.3 is 5.32 Å². The van der Waals surface area contributed by atoms with E-state index in [1.165, 1.54) is 34.2 Å². The number of nitrogens with one attached hydrogen (secondary N) is 2. The lowest BCUT2D eigenvalue weighted by Crippen LogP contribution is -2.50. The number of halogens is 6. The van der Waals surface area contributed by atoms with Crippen molar-refractivity contribution in [2.24, 2.45) is 4.99 Å². The summed E-state index contributed by atoms with van der Waals surface area (Å²) in [6.45, 7) is -0.342. The maximum absolute atomic E-state index is 13.1. The molecule has 0 aliphatic carbocycles. The van der Waals surface area contributed by atoms with Gasteiger partial charge in [0.1, 0.15) is 17.9 Å². The van der Waals surface area contributed by atoms with Gasteiger partial charge in [-0.15, -0.1) is 0 Å². The number of hydrogen-bond donors (Lipinski definition) is 2. The molecule has 0 bridgehead atoms. The van der Waals surface area contributed by atoms with Crippen LogP contribution in [0.15, 0.2) is 52.4 Å². The standard InChI is InChI=1S/C25H26F6N4O5S2/c1-16-13-20(42(39,40)32-15-24(26,27)28)6-5-17(16)7-12-41(37,38)35-10-8-23(9-11-35)22(36)33-21(34-23)18-3-2-4-19(14-18)25(29,30)31/h2-6,13-14,32H,7-12,15H2,1H3,(H,33,34,36). The fraction of sp³-hybridized carbons (Fsp3) is 0.440. The van der Waals surface area contributed by atoms with E-state index in [0.29, 0.717) is 11.1 Å². The van der Waals surface area contributed by atoms with Gasteiger partial charge in [-0.3, -0.25) is 9.79 Å². The van der Waals surface area contributed by atoms with Crippen LogP contribution in [0.1, 0.15) is 35.1 Å². The number of hydrogen-bond acceptors (Lipinski definition) is 6. The first-order chi connectivity index (χ1) is 19.3. The molecule has 2 heterocycles. The number of aryl methyl sites for hydroxylation is 2. The molecule has 0 saturated carbocycles. The topological polar surface area (TPSA) is 125 Å². The summed E-state index contributed by atoms with van der Waals surface area (Å²) in [6.07, 6.45) is -9.30. The van der Waals surface area contributed by atoms with Crippen molar-refractivity contribution in [1.82, 2.24) is 14.3 Å². The predicted octanol–water partition coefficient (Wildman–Crippen LogP) is 3.14. The third kappa shape index (κ3) is 7.12. The Morgan fingerprint density at radius 1 is 1.00 bits per heavy atom. The summed E-state index contributed by atoms with van der Waals surface area (Å²) in [6, 6.07) is 7.95. The molecule has 0 unspecified atom stereocenters. The Morgan fingerprint density at radius 2 is 1.67 bits per heavy atom. The number of carbonyl (C=O) groups is 1. The monoisotopic (exact) mass is 640 g/mol. The second-order valence-electron chi connectivity index (χ2n) is 10.0. The van der Waals surface area contributed by atoms with E-state index < -0.39 is 60.8 Å². The summed E-state index contributed by atoms with van der Waals surface area (Å²) in [5, 5.41) is 2.52. The molecule has 1 spiro atoms. The molecular weight excluding hydrogens is 614 g/mol. The predicted molar refractivity (Wildman–Crippen MR) is 140 cm³/mol. The van der Waals surface area contributed by atoms with Crippen molar-refractivity contribution in [3.8, 4) is 0 Å². The Balaban J connectivity index is 1.39. The van der Waals surface area contributed by atoms with Crippen molar-refractivity contribution in [1.29, 1.82) is 0 Å². The summed E-state index contributed by atoms with van der Waals surface area (Å²) in [7, 11) is -8.27. The number of amidine groups is 1. The average molecular weight is 641 g/mol. The lowest BCUT2D eigenvalue weighted by molar-refractivity contribution is -0.137. The summed E-state index contributed by atoms with van der Waals surface area (Å²) in [5.41, 5.74) is -1.28. The zero-order valence-electron chi connectivity index (χ0n) is 22.0. The molecule has 42 heavy (non-hydrogen) atoms. The Hall–Kier alpha value is -3.02. The van der Waals surface area contributed by atoms with Crippen LogP contribution in [0, 0.1) is 6.92 Å². The molecule has 1 amide bonds. The Morgan fingerprint density at radius 3 is 2.26 bits per heavy atom. The van der Waals surface area contributed by atoms with Crippen molar-refractivity contribution in [2.45, 2.75) is 49.0 Å². The number of aliphatic imine (C=N–C) groups is 1. The summed E-state index contributed by atoms with van der Waals surface area (Å²) in [5.74, 6) is -0.899. The maximum atomic E-state index is 13.1. The van der Waals surface area contributed by atoms with E-state index in [1.54, 1.807) is 0 Å². The number of piperidine rings is 1. The lowest BCUT2D eigenvalue weighted by Gasteiger charge is -2.34. The van der Waals surface area contributed by atoms with Crippen molar-refractivity contribution < 1.29 is 48.0 Å². The number of benzene rings is 2. The Bertz CT molecular complexity index is 1610. The number of amides is 1. The molecule has 9 nitrogen and oxygen atoms in total. The van der Waals surface area contributed by atoms with Gasteiger partial charge in [-0.2, -0.15) is 26.3 Å². The van der Waals surface area contributed by atoms with Gasteiger partial charge in [0.15, 0.2) is 0 Å². The second kappa shape index (κ2) is 11.2. The fourth-order valence-corrected chi connectivity index (χ4v) is 7.29. The Kier molecular flexibility index (Phi) is 8.54. The first-order valence-corrected chi connectivity index (χ1v) is 15.6. The fourth-order valence-electron chi connectivity index (χ4n) is 4.71. The zero-order valence-corrected chi connectivity index (χ0v) is 23.6. The molecule has 4 rings (SSSR count). The van der Waals surface area contributed by atoms with Crippen LogP contribution in [0.2, 0.25) is 0 Å². The SMILES string of the molecule is Cc1cc(S(=O)(=O)NCC(F)(F)F)ccc1CCS(=O)(=O)N1CCC2(CC1)N=C(c1cccc(C(F)(F)F)c1)NC2=O. The van der Waals surface area contributed by atoms with Gasteiger partial charge in [-0.25, -0.2) is 25.9 Å². The van der Waals surface area contributed by atoms with Crippen LogP contribution in [0.25, 0.3) is 0 Å². The highest BCUT2D eigenvalue weighted by atomic mass is 32.2. The molecule has 17 heteroatoms. The molecule has 0 atom stereocenters. The van der Waals surface area contributed by atoms with Crippen LogP contribution in [-0.2, 0) is 37.4 Å². The van der Waals surface area contributed by atoms with Crippen LogP contribution in [0.5, 0.6) is 0 Å². The van der Waals surface area contributed by atoms with Crippen LogP contribution in [0.3, 0.4) is 0 Å². The smallest absolute Gasteiger partial charge is 0.308 e. The number of sulfonamides is 2. The van der Waals surface area contributed by atoms with E-state index in [0.717, 1.165) is 24.3 Å². The molecule has 2 aliphatic heterocycles. The van der Waals surface area contributed by atoms with E-state index in [4.69, 9.17) is 0 Å². The highest BCUT2D eigenvalue weighted by molar-refractivity contribution is 7.89. The summed E-state index contributed by atoms with van der Waals surface area (Å²) >= 11 is 0. The third-order valence-corrected chi connectivity index (χ3v) is 10.4. The molecule has 0 aromatic heterocycles. The van der Waals surface area contributed by atoms with Crippen molar-refractivity contribution in [3.63, 3.8) is 0 Å². The van der Waals surface area contributed by atoms with Crippen LogP contribution in [-0.4, -0.2) is 70.0 Å². The molecule has 2 aromatic carbocycles. The molecule has 2 N–H and O–H groups in total. The van der Waals surface area contributed by atoms with Crippen molar-refractivity contribution in [3.05, 3.63) is 64.7 Å². The van der Waals surface area contributed by atoms with Crippen molar-refractivity contribution in [2.75, 3.05) is 25.4 Å². The average Bonchev–Trinajstić information content (AvgIpc) is 3.21. The molecule has 230 valence electrons. The molecule has 2 aromatic rings. The minimum Gasteiger partial charge on any atom is -0.308 e. The van der Waals surface area contributed by atoms with Crippen LogP contribution < -0.4 is 10.0 Å². The lowest BCUT2D eigenvalue weighted by atomic mass is 9.89. The van der Waals surface area contributed by atoms with E-state index >= 15 is 0 Å². The van der Waals surface area contributed by atoms with E-state index in [-0.39, 0.29) is 49.5 Å². The molecular formula is C25H26F6N4O5S2. The normalized spacial score (nSPS) is 18.3. The number of nitrogens with zero attached hydrogens (tertiary/aromatic N) is 2. The largest absolute Gasteiger partial charge is 0.416 e. The van der Waals surface area contributed by atoms with E-state index in [1.807, 2.05) is 0 Å². The van der Waals surface area contributed by atoms with E-state index in [9.17, 15) is 48.0 Å². The van der Waals surface area contributed by atoms with Gasteiger partial charge in [0, 0.05) is 18.7 Å². The first kappa shape index (κ1) is 31.9. The maximum Gasteiger partial charge on any atom is 0.416 e. The number of carbonyl (C=O) groups excluding carboxylic acids is 1. The van der Waals surface area contributed by atoms with Crippen LogP contribution >= 0.6 is 0 Å². The van der Waals surface area contributed by atoms with Crippen LogP contribution in [0.4, 0.5) is 26.3 Å². The number of alkyl halides is 6. The van der Waals surface area contributed by atoms with Gasteiger partial charge in [0.2, 0.25) is 20.0 Å². The second-order valence-corrected chi connectivity index (χ2v) is 13.9. The third-order valence-electron chi connectivity index (χ3n) is 7.10. The first-order valence-electron chi connectivity index (χ1n) is 12.5. The minimum absolute atomic E-state index is 0.00947. The molecule has 1 saturated heterocycles. The van der Waals surface area contributed by atoms with Crippen molar-refractivity contribution >= 4 is 31.8 Å². The quantitative estimate of drug-likeness (QED) is 0.429. The van der Waals surface area contributed by atoms with Gasteiger partial charge in [0.05, 0.1) is 16.2 Å². The number of rotatable bonds is 8. The van der Waals surface area contributed by atoms with Gasteiger partial charge in [-0.05, 0) is 61.6 Å². The highest BCUT2D eigenvalue weighted by Gasteiger charge is 2.47.